The lowest BCUT2D eigenvalue weighted by molar-refractivity contribution is 0.412. The van der Waals surface area contributed by atoms with Gasteiger partial charge < -0.3 is 19.5 Å². The zero-order valence-corrected chi connectivity index (χ0v) is 15.8. The Labute approximate surface area is 151 Å². The van der Waals surface area contributed by atoms with E-state index in [9.17, 15) is 0 Å². The summed E-state index contributed by atoms with van der Waals surface area (Å²) in [6.07, 6.45) is 0. The van der Waals surface area contributed by atoms with Gasteiger partial charge in [-0.2, -0.15) is 0 Å². The predicted octanol–water partition coefficient (Wildman–Crippen LogP) is 3.16. The van der Waals surface area contributed by atoms with Gasteiger partial charge in [-0.3, -0.25) is 4.99 Å². The van der Waals surface area contributed by atoms with E-state index in [0.29, 0.717) is 13.1 Å². The number of anilines is 1. The third kappa shape index (κ3) is 4.11. The van der Waals surface area contributed by atoms with Crippen molar-refractivity contribution in [3.8, 4) is 0 Å². The number of thiazole rings is 1. The molecule has 6 nitrogen and oxygen atoms in total. The van der Waals surface area contributed by atoms with Crippen LogP contribution >= 0.6 is 11.3 Å². The molecule has 0 unspecified atom stereocenters. The number of guanidine groups is 1. The van der Waals surface area contributed by atoms with E-state index in [4.69, 9.17) is 4.42 Å². The third-order valence-electron chi connectivity index (χ3n) is 3.79. The van der Waals surface area contributed by atoms with Gasteiger partial charge >= 0.3 is 0 Å². The Hall–Kier alpha value is -2.54. The molecule has 1 N–H and O–H groups in total. The number of benzene rings is 1. The van der Waals surface area contributed by atoms with Crippen molar-refractivity contribution in [3.05, 3.63) is 47.2 Å². The first-order valence-corrected chi connectivity index (χ1v) is 8.95. The number of aromatic nitrogens is 1. The number of aliphatic imine (C=N–C) groups is 1. The van der Waals surface area contributed by atoms with Gasteiger partial charge in [0.2, 0.25) is 0 Å². The molecule has 0 saturated heterocycles. The van der Waals surface area contributed by atoms with Gasteiger partial charge in [0, 0.05) is 39.0 Å². The van der Waals surface area contributed by atoms with Crippen LogP contribution in [0.15, 0.2) is 45.1 Å². The molecule has 0 atom stereocenters. The maximum Gasteiger partial charge on any atom is 0.194 e. The number of nitrogens with one attached hydrogen (secondary N) is 1. The molecule has 0 bridgehead atoms. The summed E-state index contributed by atoms with van der Waals surface area (Å²) in [6, 6.07) is 10.1. The number of furan rings is 1. The Morgan fingerprint density at radius 1 is 1.28 bits per heavy atom. The van der Waals surface area contributed by atoms with Crippen molar-refractivity contribution in [2.45, 2.75) is 13.1 Å². The summed E-state index contributed by atoms with van der Waals surface area (Å²) in [4.78, 5) is 13.0. The minimum atomic E-state index is 0.640. The van der Waals surface area contributed by atoms with E-state index in [2.05, 4.69) is 32.8 Å². The Morgan fingerprint density at radius 3 is 2.76 bits per heavy atom. The maximum absolute atomic E-state index is 5.89. The summed E-state index contributed by atoms with van der Waals surface area (Å²) in [5.41, 5.74) is 1.92. The molecule has 0 aliphatic rings. The standard InChI is InChI=1S/C18H23N5OS/c1-19-17(20-10-14-12-25-18(21-14)22(2)3)23(4)11-15-9-13-7-5-6-8-16(13)24-15/h5-9,12H,10-11H2,1-4H3,(H,19,20). The molecular formula is C18H23N5OS. The second kappa shape index (κ2) is 7.57. The highest BCUT2D eigenvalue weighted by molar-refractivity contribution is 7.13. The van der Waals surface area contributed by atoms with Crippen LogP contribution in [0.2, 0.25) is 0 Å². The quantitative estimate of drug-likeness (QED) is 0.561. The van der Waals surface area contributed by atoms with Crippen LogP contribution in [0.4, 0.5) is 5.13 Å². The van der Waals surface area contributed by atoms with Gasteiger partial charge in [0.25, 0.3) is 0 Å². The van der Waals surface area contributed by atoms with Crippen molar-refractivity contribution < 1.29 is 4.42 Å². The van der Waals surface area contributed by atoms with Crippen molar-refractivity contribution in [1.29, 1.82) is 0 Å². The van der Waals surface area contributed by atoms with Crippen LogP contribution in [0.1, 0.15) is 11.5 Å². The lowest BCUT2D eigenvalue weighted by Crippen LogP contribution is -2.38. The highest BCUT2D eigenvalue weighted by atomic mass is 32.1. The van der Waals surface area contributed by atoms with Crippen molar-refractivity contribution in [1.82, 2.24) is 15.2 Å². The van der Waals surface area contributed by atoms with E-state index in [1.807, 2.05) is 49.1 Å². The Bertz CT molecular complexity index is 834. The van der Waals surface area contributed by atoms with Crippen LogP contribution in [0.25, 0.3) is 11.0 Å². The van der Waals surface area contributed by atoms with Crippen molar-refractivity contribution in [3.63, 3.8) is 0 Å². The number of nitrogens with zero attached hydrogens (tertiary/aromatic N) is 4. The van der Waals surface area contributed by atoms with Crippen LogP contribution in [-0.4, -0.2) is 44.0 Å². The second-order valence-corrected chi connectivity index (χ2v) is 6.86. The molecule has 25 heavy (non-hydrogen) atoms. The fourth-order valence-corrected chi connectivity index (χ4v) is 3.32. The molecule has 0 saturated carbocycles. The molecule has 3 aromatic rings. The predicted molar refractivity (Wildman–Crippen MR) is 104 cm³/mol. The molecule has 132 valence electrons. The van der Waals surface area contributed by atoms with Gasteiger partial charge in [-0.25, -0.2) is 4.98 Å². The first-order chi connectivity index (χ1) is 12.1. The monoisotopic (exact) mass is 357 g/mol. The lowest BCUT2D eigenvalue weighted by Gasteiger charge is -2.20. The van der Waals surface area contributed by atoms with Gasteiger partial charge in [0.1, 0.15) is 11.3 Å². The fraction of sp³-hybridized carbons (Fsp3) is 0.333. The van der Waals surface area contributed by atoms with Crippen LogP contribution < -0.4 is 10.2 Å². The largest absolute Gasteiger partial charge is 0.459 e. The summed E-state index contributed by atoms with van der Waals surface area (Å²) < 4.78 is 5.89. The van der Waals surface area contributed by atoms with Gasteiger partial charge in [0.05, 0.1) is 18.8 Å². The Kier molecular flexibility index (Phi) is 5.23. The molecule has 0 aliphatic heterocycles. The molecule has 0 fully saturated rings. The van der Waals surface area contributed by atoms with Gasteiger partial charge in [0.15, 0.2) is 11.1 Å². The van der Waals surface area contributed by atoms with E-state index in [1.54, 1.807) is 18.4 Å². The number of rotatable bonds is 5. The van der Waals surface area contributed by atoms with Gasteiger partial charge in [-0.05, 0) is 12.1 Å². The molecule has 0 radical (unpaired) electrons. The normalized spacial score (nSPS) is 11.8. The zero-order chi connectivity index (χ0) is 17.8. The van der Waals surface area contributed by atoms with E-state index in [0.717, 1.165) is 33.5 Å². The molecule has 7 heteroatoms. The molecular weight excluding hydrogens is 334 g/mol. The van der Waals surface area contributed by atoms with E-state index < -0.39 is 0 Å². The average Bonchev–Trinajstić information content (AvgIpc) is 3.21. The maximum atomic E-state index is 5.89. The van der Waals surface area contributed by atoms with Crippen LogP contribution in [-0.2, 0) is 13.1 Å². The molecule has 0 spiro atoms. The highest BCUT2D eigenvalue weighted by Crippen LogP contribution is 2.20. The molecule has 0 aliphatic carbocycles. The first kappa shape index (κ1) is 17.3. The number of para-hydroxylation sites is 1. The summed E-state index contributed by atoms with van der Waals surface area (Å²) in [7, 11) is 7.77. The smallest absolute Gasteiger partial charge is 0.194 e. The van der Waals surface area contributed by atoms with Crippen molar-refractivity contribution >= 4 is 33.4 Å². The SMILES string of the molecule is CN=C(NCc1csc(N(C)C)n1)N(C)Cc1cc2ccccc2o1. The number of fused-ring (bicyclic) bond motifs is 1. The Balaban J connectivity index is 1.61. The van der Waals surface area contributed by atoms with E-state index >= 15 is 0 Å². The Morgan fingerprint density at radius 2 is 2.08 bits per heavy atom. The fourth-order valence-electron chi connectivity index (χ4n) is 2.56. The van der Waals surface area contributed by atoms with E-state index in [1.165, 1.54) is 0 Å². The van der Waals surface area contributed by atoms with E-state index in [-0.39, 0.29) is 0 Å². The average molecular weight is 357 g/mol. The molecule has 2 aromatic heterocycles. The minimum absolute atomic E-state index is 0.640. The van der Waals surface area contributed by atoms with Crippen LogP contribution in [0.3, 0.4) is 0 Å². The first-order valence-electron chi connectivity index (χ1n) is 8.08. The number of hydrogen-bond acceptors (Lipinski definition) is 5. The number of hydrogen-bond donors (Lipinski definition) is 1. The lowest BCUT2D eigenvalue weighted by atomic mass is 10.2. The zero-order valence-electron chi connectivity index (χ0n) is 15.0. The van der Waals surface area contributed by atoms with Gasteiger partial charge in [-0.1, -0.05) is 18.2 Å². The summed E-state index contributed by atoms with van der Waals surface area (Å²) in [5, 5.41) is 7.54. The molecule has 2 heterocycles. The minimum Gasteiger partial charge on any atom is -0.459 e. The van der Waals surface area contributed by atoms with Crippen molar-refractivity contribution in [2.24, 2.45) is 4.99 Å². The summed E-state index contributed by atoms with van der Waals surface area (Å²) in [5.74, 6) is 1.72. The van der Waals surface area contributed by atoms with Crippen LogP contribution in [0, 0.1) is 0 Å². The third-order valence-corrected chi connectivity index (χ3v) is 4.85. The second-order valence-electron chi connectivity index (χ2n) is 6.02. The molecule has 1 aromatic carbocycles. The van der Waals surface area contributed by atoms with Gasteiger partial charge in [-0.15, -0.1) is 11.3 Å². The topological polar surface area (TPSA) is 56.9 Å². The molecule has 3 rings (SSSR count). The van der Waals surface area contributed by atoms with Crippen molar-refractivity contribution in [2.75, 3.05) is 33.1 Å². The molecule has 0 amide bonds. The summed E-state index contributed by atoms with van der Waals surface area (Å²) >= 11 is 1.64. The highest BCUT2D eigenvalue weighted by Gasteiger charge is 2.11. The van der Waals surface area contributed by atoms with Crippen LogP contribution in [0.5, 0.6) is 0 Å². The summed E-state index contributed by atoms with van der Waals surface area (Å²) in [6.45, 7) is 1.29.